The summed E-state index contributed by atoms with van der Waals surface area (Å²) >= 11 is 1.45. The number of rotatable bonds is 6. The molecule has 4 nitrogen and oxygen atoms in total. The van der Waals surface area contributed by atoms with E-state index in [9.17, 15) is 4.79 Å². The van der Waals surface area contributed by atoms with Gasteiger partial charge in [-0.2, -0.15) is 5.26 Å². The van der Waals surface area contributed by atoms with Gasteiger partial charge in [0, 0.05) is 26.8 Å². The molecule has 1 N–H and O–H groups in total. The second-order valence-electron chi connectivity index (χ2n) is 6.73. The zero-order valence-electron chi connectivity index (χ0n) is 16.5. The molecule has 4 rings (SSSR count). The molecule has 0 aliphatic heterocycles. The lowest BCUT2D eigenvalue weighted by Crippen LogP contribution is -2.09. The summed E-state index contributed by atoms with van der Waals surface area (Å²) in [7, 11) is 0. The van der Waals surface area contributed by atoms with E-state index >= 15 is 0 Å². The number of hydrogen-bond acceptors (Lipinski definition) is 4. The van der Waals surface area contributed by atoms with Crippen LogP contribution >= 0.6 is 11.3 Å². The van der Waals surface area contributed by atoms with Gasteiger partial charge in [0.1, 0.15) is 11.6 Å². The van der Waals surface area contributed by atoms with Crippen LogP contribution in [0.5, 0.6) is 0 Å². The fourth-order valence-corrected chi connectivity index (χ4v) is 4.20. The number of carboxylic acid groups (broad SMARTS) is 1. The number of carbonyl (C=O) groups is 1. The van der Waals surface area contributed by atoms with Gasteiger partial charge in [0.15, 0.2) is 0 Å². The van der Waals surface area contributed by atoms with E-state index in [2.05, 4.69) is 53.4 Å². The Labute approximate surface area is 184 Å². The first-order valence-electron chi connectivity index (χ1n) is 9.61. The van der Waals surface area contributed by atoms with Crippen LogP contribution in [0, 0.1) is 11.3 Å². The monoisotopic (exact) mass is 422 g/mol. The average Bonchev–Trinajstić information content (AvgIpc) is 3.28. The van der Waals surface area contributed by atoms with Crippen molar-refractivity contribution >= 4 is 40.4 Å². The third-order valence-electron chi connectivity index (χ3n) is 4.70. The van der Waals surface area contributed by atoms with Crippen LogP contribution in [0.3, 0.4) is 0 Å². The van der Waals surface area contributed by atoms with E-state index in [4.69, 9.17) is 10.4 Å². The van der Waals surface area contributed by atoms with E-state index in [1.807, 2.05) is 48.5 Å². The molecule has 0 spiro atoms. The predicted octanol–water partition coefficient (Wildman–Crippen LogP) is 6.88. The van der Waals surface area contributed by atoms with Crippen LogP contribution in [0.1, 0.15) is 4.88 Å². The number of nitriles is 1. The Balaban J connectivity index is 1.66. The molecular formula is C26H18N2O2S. The van der Waals surface area contributed by atoms with Crippen molar-refractivity contribution in [3.8, 4) is 16.5 Å². The van der Waals surface area contributed by atoms with Crippen LogP contribution in [-0.4, -0.2) is 11.1 Å². The molecule has 31 heavy (non-hydrogen) atoms. The minimum Gasteiger partial charge on any atom is -0.477 e. The number of anilines is 3. The van der Waals surface area contributed by atoms with Gasteiger partial charge in [0.25, 0.3) is 0 Å². The van der Waals surface area contributed by atoms with Crippen LogP contribution in [0.15, 0.2) is 103 Å². The maximum atomic E-state index is 11.1. The van der Waals surface area contributed by atoms with Crippen molar-refractivity contribution in [2.24, 2.45) is 0 Å². The SMILES string of the molecule is N#CC(=Cc1ccc(-c2ccc(N(c3ccccc3)c3ccccc3)cc2)s1)C(=O)O. The van der Waals surface area contributed by atoms with Gasteiger partial charge in [0.05, 0.1) is 0 Å². The van der Waals surface area contributed by atoms with Crippen LogP contribution < -0.4 is 4.90 Å². The first kappa shape index (κ1) is 20.1. The predicted molar refractivity (Wildman–Crippen MR) is 126 cm³/mol. The number of benzene rings is 3. The Morgan fingerprint density at radius 3 is 1.87 bits per heavy atom. The summed E-state index contributed by atoms with van der Waals surface area (Å²) in [6.45, 7) is 0. The number of carboxylic acids is 1. The van der Waals surface area contributed by atoms with Crippen molar-refractivity contribution < 1.29 is 9.90 Å². The van der Waals surface area contributed by atoms with Gasteiger partial charge in [-0.3, -0.25) is 0 Å². The van der Waals surface area contributed by atoms with Gasteiger partial charge in [-0.15, -0.1) is 11.3 Å². The first-order chi connectivity index (χ1) is 15.2. The highest BCUT2D eigenvalue weighted by atomic mass is 32.1. The van der Waals surface area contributed by atoms with Crippen molar-refractivity contribution in [1.82, 2.24) is 0 Å². The quantitative estimate of drug-likeness (QED) is 0.272. The van der Waals surface area contributed by atoms with E-state index < -0.39 is 5.97 Å². The fourth-order valence-electron chi connectivity index (χ4n) is 3.25. The summed E-state index contributed by atoms with van der Waals surface area (Å²) in [5, 5.41) is 18.0. The van der Waals surface area contributed by atoms with Crippen molar-refractivity contribution in [1.29, 1.82) is 5.26 Å². The Bertz CT molecular complexity index is 1210. The summed E-state index contributed by atoms with van der Waals surface area (Å²) in [6.07, 6.45) is 1.40. The molecule has 0 radical (unpaired) electrons. The molecule has 150 valence electrons. The Morgan fingerprint density at radius 2 is 1.35 bits per heavy atom. The molecule has 0 aliphatic rings. The molecule has 5 heteroatoms. The first-order valence-corrected chi connectivity index (χ1v) is 10.4. The van der Waals surface area contributed by atoms with Crippen LogP contribution in [0.25, 0.3) is 16.5 Å². The van der Waals surface area contributed by atoms with E-state index in [1.54, 1.807) is 6.07 Å². The van der Waals surface area contributed by atoms with Gasteiger partial charge >= 0.3 is 5.97 Å². The second-order valence-corrected chi connectivity index (χ2v) is 7.85. The van der Waals surface area contributed by atoms with Crippen LogP contribution in [0.4, 0.5) is 17.1 Å². The minimum atomic E-state index is -1.22. The zero-order valence-corrected chi connectivity index (χ0v) is 17.3. The molecule has 0 bridgehead atoms. The van der Waals surface area contributed by atoms with Gasteiger partial charge in [-0.05, 0) is 60.2 Å². The fraction of sp³-hybridized carbons (Fsp3) is 0. The smallest absolute Gasteiger partial charge is 0.346 e. The minimum absolute atomic E-state index is 0.273. The summed E-state index contributed by atoms with van der Waals surface area (Å²) < 4.78 is 0. The molecule has 0 saturated carbocycles. The summed E-state index contributed by atoms with van der Waals surface area (Å²) in [5.74, 6) is -1.22. The van der Waals surface area contributed by atoms with Gasteiger partial charge in [-0.1, -0.05) is 48.5 Å². The lowest BCUT2D eigenvalue weighted by molar-refractivity contribution is -0.132. The van der Waals surface area contributed by atoms with Gasteiger partial charge < -0.3 is 10.0 Å². The van der Waals surface area contributed by atoms with Gasteiger partial charge in [0.2, 0.25) is 0 Å². The maximum absolute atomic E-state index is 11.1. The maximum Gasteiger partial charge on any atom is 0.346 e. The number of nitrogens with zero attached hydrogens (tertiary/aromatic N) is 2. The summed E-state index contributed by atoms with van der Waals surface area (Å²) in [5.41, 5.74) is 3.94. The zero-order chi connectivity index (χ0) is 21.6. The van der Waals surface area contributed by atoms with E-state index in [-0.39, 0.29) is 5.57 Å². The molecule has 0 fully saturated rings. The Morgan fingerprint density at radius 1 is 0.806 bits per heavy atom. The van der Waals surface area contributed by atoms with Crippen molar-refractivity contribution in [3.63, 3.8) is 0 Å². The standard InChI is InChI=1S/C26H18N2O2S/c27-18-20(26(29)30)17-24-15-16-25(31-24)19-11-13-23(14-12-19)28(21-7-3-1-4-8-21)22-9-5-2-6-10-22/h1-17H,(H,29,30). The highest BCUT2D eigenvalue weighted by Crippen LogP contribution is 2.36. The molecule has 0 saturated heterocycles. The second kappa shape index (κ2) is 9.12. The molecule has 0 unspecified atom stereocenters. The lowest BCUT2D eigenvalue weighted by atomic mass is 10.1. The van der Waals surface area contributed by atoms with Crippen LogP contribution in [0.2, 0.25) is 0 Å². The number of hydrogen-bond donors (Lipinski definition) is 1. The van der Waals surface area contributed by atoms with Crippen molar-refractivity contribution in [2.75, 3.05) is 4.90 Å². The summed E-state index contributed by atoms with van der Waals surface area (Å²) in [6, 6.07) is 34.1. The molecule has 3 aromatic carbocycles. The largest absolute Gasteiger partial charge is 0.477 e. The van der Waals surface area contributed by atoms with E-state index in [0.29, 0.717) is 0 Å². The van der Waals surface area contributed by atoms with Gasteiger partial charge in [-0.25, -0.2) is 4.79 Å². The molecule has 0 atom stereocenters. The lowest BCUT2D eigenvalue weighted by Gasteiger charge is -2.25. The Kier molecular flexibility index (Phi) is 5.93. The van der Waals surface area contributed by atoms with Crippen molar-refractivity contribution in [3.05, 3.63) is 108 Å². The molecule has 1 aromatic heterocycles. The molecular weight excluding hydrogens is 404 g/mol. The summed E-state index contributed by atoms with van der Waals surface area (Å²) in [4.78, 5) is 15.0. The van der Waals surface area contributed by atoms with Crippen LogP contribution in [-0.2, 0) is 4.79 Å². The van der Waals surface area contributed by atoms with Crippen molar-refractivity contribution in [2.45, 2.75) is 0 Å². The number of para-hydroxylation sites is 2. The highest BCUT2D eigenvalue weighted by Gasteiger charge is 2.12. The molecule has 0 amide bonds. The number of thiophene rings is 1. The molecule has 0 aliphatic carbocycles. The normalized spacial score (nSPS) is 11.0. The molecule has 1 heterocycles. The third kappa shape index (κ3) is 4.55. The third-order valence-corrected chi connectivity index (χ3v) is 5.78. The number of aliphatic carboxylic acids is 1. The van der Waals surface area contributed by atoms with E-state index in [1.165, 1.54) is 17.4 Å². The Hall–Kier alpha value is -4.14. The topological polar surface area (TPSA) is 64.3 Å². The average molecular weight is 423 g/mol. The highest BCUT2D eigenvalue weighted by molar-refractivity contribution is 7.16. The molecule has 4 aromatic rings. The van der Waals surface area contributed by atoms with E-state index in [0.717, 1.165) is 32.4 Å².